The van der Waals surface area contributed by atoms with Crippen molar-refractivity contribution in [3.8, 4) is 0 Å². The first-order valence-corrected chi connectivity index (χ1v) is 6.46. The normalized spacial score (nSPS) is 12.0. The highest BCUT2D eigenvalue weighted by Gasteiger charge is 2.22. The Labute approximate surface area is 113 Å². The first kappa shape index (κ1) is 14.5. The highest BCUT2D eigenvalue weighted by atomic mass is 35.5. The van der Waals surface area contributed by atoms with Gasteiger partial charge in [0, 0.05) is 5.56 Å². The van der Waals surface area contributed by atoms with Crippen LogP contribution in [0.3, 0.4) is 0 Å². The summed E-state index contributed by atoms with van der Waals surface area (Å²) in [5.41, 5.74) is 3.80. The van der Waals surface area contributed by atoms with Crippen LogP contribution in [0.2, 0.25) is 0 Å². The molecule has 17 heavy (non-hydrogen) atoms. The van der Waals surface area contributed by atoms with Crippen LogP contribution >= 0.6 is 23.2 Å². The number of benzene rings is 1. The summed E-state index contributed by atoms with van der Waals surface area (Å²) < 4.78 is 0. The number of ketones is 1. The number of carbonyl (C=O) groups excluding carboxylic acids is 1. The number of hydrogen-bond donors (Lipinski definition) is 0. The van der Waals surface area contributed by atoms with Crippen molar-refractivity contribution in [3.05, 3.63) is 34.4 Å². The summed E-state index contributed by atoms with van der Waals surface area (Å²) in [7, 11) is 0. The highest BCUT2D eigenvalue weighted by molar-refractivity contribution is 6.55. The number of halogens is 2. The topological polar surface area (TPSA) is 17.1 Å². The maximum absolute atomic E-state index is 11.9. The van der Waals surface area contributed by atoms with Crippen LogP contribution in [-0.2, 0) is 5.41 Å². The number of alkyl halides is 2. The van der Waals surface area contributed by atoms with Gasteiger partial charge < -0.3 is 0 Å². The molecule has 0 aliphatic rings. The summed E-state index contributed by atoms with van der Waals surface area (Å²) in [6, 6.07) is 4.08. The van der Waals surface area contributed by atoms with Gasteiger partial charge in [-0.1, -0.05) is 56.1 Å². The van der Waals surface area contributed by atoms with Gasteiger partial charge in [-0.15, -0.1) is 0 Å². The van der Waals surface area contributed by atoms with E-state index in [-0.39, 0.29) is 11.2 Å². The maximum atomic E-state index is 11.9. The van der Waals surface area contributed by atoms with Gasteiger partial charge in [0.25, 0.3) is 0 Å². The predicted molar refractivity (Wildman–Crippen MR) is 74.4 cm³/mol. The monoisotopic (exact) mass is 272 g/mol. The van der Waals surface area contributed by atoms with Gasteiger partial charge in [-0.05, 0) is 36.0 Å². The summed E-state index contributed by atoms with van der Waals surface area (Å²) in [5.74, 6) is -0.219. The Bertz CT molecular complexity index is 419. The van der Waals surface area contributed by atoms with Gasteiger partial charge in [-0.2, -0.15) is 0 Å². The Kier molecular flexibility index (Phi) is 4.27. The van der Waals surface area contributed by atoms with E-state index >= 15 is 0 Å². The molecule has 1 rings (SSSR count). The lowest BCUT2D eigenvalue weighted by Crippen LogP contribution is -2.16. The molecule has 0 unspecified atom stereocenters. The SMILES string of the molecule is Cc1cc(C(C)(C)C)cc(C)c1C(=O)C(Cl)Cl. The third kappa shape index (κ3) is 3.23. The Hall–Kier alpha value is -0.530. The number of aryl methyl sites for hydroxylation is 2. The Balaban J connectivity index is 3.35. The molecule has 94 valence electrons. The molecule has 0 spiro atoms. The quantitative estimate of drug-likeness (QED) is 0.569. The fraction of sp³-hybridized carbons (Fsp3) is 0.500. The van der Waals surface area contributed by atoms with Crippen LogP contribution in [0.1, 0.15) is 47.8 Å². The summed E-state index contributed by atoms with van der Waals surface area (Å²) in [5, 5.41) is 0. The molecule has 0 bridgehead atoms. The van der Waals surface area contributed by atoms with Gasteiger partial charge in [-0.3, -0.25) is 4.79 Å². The average Bonchev–Trinajstić information content (AvgIpc) is 2.14. The third-order valence-electron chi connectivity index (χ3n) is 2.84. The molecule has 1 aromatic carbocycles. The van der Waals surface area contributed by atoms with Gasteiger partial charge in [0.2, 0.25) is 0 Å². The van der Waals surface area contributed by atoms with E-state index in [0.29, 0.717) is 5.56 Å². The van der Waals surface area contributed by atoms with Crippen LogP contribution in [0, 0.1) is 13.8 Å². The fourth-order valence-corrected chi connectivity index (χ4v) is 2.11. The van der Waals surface area contributed by atoms with E-state index < -0.39 is 4.84 Å². The van der Waals surface area contributed by atoms with Crippen molar-refractivity contribution >= 4 is 29.0 Å². The molecule has 0 aromatic heterocycles. The molecule has 1 aromatic rings. The molecule has 0 saturated carbocycles. The standard InChI is InChI=1S/C14H18Cl2O/c1-8-6-10(14(3,4)5)7-9(2)11(8)12(17)13(15)16/h6-7,13H,1-5H3. The van der Waals surface area contributed by atoms with Crippen LogP contribution in [0.5, 0.6) is 0 Å². The van der Waals surface area contributed by atoms with Crippen molar-refractivity contribution in [3.63, 3.8) is 0 Å². The van der Waals surface area contributed by atoms with Crippen LogP contribution in [0.25, 0.3) is 0 Å². The molecule has 0 fully saturated rings. The smallest absolute Gasteiger partial charge is 0.196 e. The van der Waals surface area contributed by atoms with E-state index in [9.17, 15) is 4.79 Å². The number of hydrogen-bond acceptors (Lipinski definition) is 1. The zero-order valence-corrected chi connectivity index (χ0v) is 12.4. The minimum atomic E-state index is -0.993. The summed E-state index contributed by atoms with van der Waals surface area (Å²) in [6.45, 7) is 10.3. The molecule has 0 radical (unpaired) electrons. The molecule has 0 aliphatic carbocycles. The third-order valence-corrected chi connectivity index (χ3v) is 3.24. The first-order chi connectivity index (χ1) is 7.64. The van der Waals surface area contributed by atoms with Crippen LogP contribution in [0.4, 0.5) is 0 Å². The van der Waals surface area contributed by atoms with Gasteiger partial charge in [-0.25, -0.2) is 0 Å². The predicted octanol–water partition coefficient (Wildman–Crippen LogP) is 4.59. The van der Waals surface area contributed by atoms with E-state index in [0.717, 1.165) is 11.1 Å². The van der Waals surface area contributed by atoms with E-state index in [2.05, 4.69) is 20.8 Å². The molecule has 0 amide bonds. The summed E-state index contributed by atoms with van der Waals surface area (Å²) >= 11 is 11.3. The Morgan fingerprint density at radius 3 is 1.82 bits per heavy atom. The van der Waals surface area contributed by atoms with Crippen molar-refractivity contribution in [2.45, 2.75) is 44.9 Å². The number of carbonyl (C=O) groups is 1. The minimum Gasteiger partial charge on any atom is -0.291 e. The molecule has 0 aliphatic heterocycles. The fourth-order valence-electron chi connectivity index (χ4n) is 1.89. The lowest BCUT2D eigenvalue weighted by Gasteiger charge is -2.22. The highest BCUT2D eigenvalue weighted by Crippen LogP contribution is 2.28. The van der Waals surface area contributed by atoms with E-state index in [1.165, 1.54) is 5.56 Å². The van der Waals surface area contributed by atoms with Crippen LogP contribution < -0.4 is 0 Å². The number of Topliss-reactive ketones (excluding diaryl/α,β-unsaturated/α-hetero) is 1. The van der Waals surface area contributed by atoms with Gasteiger partial charge >= 0.3 is 0 Å². The second-order valence-electron chi connectivity index (χ2n) is 5.40. The Morgan fingerprint density at radius 1 is 1.12 bits per heavy atom. The van der Waals surface area contributed by atoms with Crippen molar-refractivity contribution in [1.82, 2.24) is 0 Å². The Morgan fingerprint density at radius 2 is 1.53 bits per heavy atom. The van der Waals surface area contributed by atoms with Crippen molar-refractivity contribution in [2.24, 2.45) is 0 Å². The van der Waals surface area contributed by atoms with Crippen molar-refractivity contribution in [2.75, 3.05) is 0 Å². The molecule has 0 N–H and O–H groups in total. The molecule has 1 nitrogen and oxygen atoms in total. The van der Waals surface area contributed by atoms with E-state index in [1.54, 1.807) is 0 Å². The molecule has 0 atom stereocenters. The van der Waals surface area contributed by atoms with Gasteiger partial charge in [0.15, 0.2) is 10.6 Å². The lowest BCUT2D eigenvalue weighted by atomic mass is 9.83. The van der Waals surface area contributed by atoms with E-state index in [1.807, 2.05) is 26.0 Å². The van der Waals surface area contributed by atoms with Crippen LogP contribution in [0.15, 0.2) is 12.1 Å². The molecular formula is C14H18Cl2O. The van der Waals surface area contributed by atoms with Gasteiger partial charge in [0.05, 0.1) is 0 Å². The zero-order valence-electron chi connectivity index (χ0n) is 10.9. The van der Waals surface area contributed by atoms with Crippen LogP contribution in [-0.4, -0.2) is 10.6 Å². The lowest BCUT2D eigenvalue weighted by molar-refractivity contribution is 0.101. The molecular weight excluding hydrogens is 255 g/mol. The first-order valence-electron chi connectivity index (χ1n) is 5.58. The summed E-state index contributed by atoms with van der Waals surface area (Å²) in [4.78, 5) is 10.9. The average molecular weight is 273 g/mol. The van der Waals surface area contributed by atoms with Crippen molar-refractivity contribution < 1.29 is 4.79 Å². The summed E-state index contributed by atoms with van der Waals surface area (Å²) in [6.07, 6.45) is 0. The maximum Gasteiger partial charge on any atom is 0.196 e. The van der Waals surface area contributed by atoms with E-state index in [4.69, 9.17) is 23.2 Å². The second kappa shape index (κ2) is 4.99. The van der Waals surface area contributed by atoms with Gasteiger partial charge in [0.1, 0.15) is 0 Å². The second-order valence-corrected chi connectivity index (χ2v) is 6.50. The molecule has 3 heteroatoms. The minimum absolute atomic E-state index is 0.0679. The van der Waals surface area contributed by atoms with Crippen molar-refractivity contribution in [1.29, 1.82) is 0 Å². The zero-order chi connectivity index (χ0) is 13.4. The molecule has 0 heterocycles. The molecule has 0 saturated heterocycles. The largest absolute Gasteiger partial charge is 0.291 e. The number of rotatable bonds is 2.